The number of nitrogens with zero attached hydrogens (tertiary/aromatic N) is 2. The van der Waals surface area contributed by atoms with Crippen LogP contribution in [0.25, 0.3) is 0 Å². The molecule has 1 aromatic rings. The van der Waals surface area contributed by atoms with Gasteiger partial charge in [0.1, 0.15) is 0 Å². The third kappa shape index (κ3) is 2.64. The number of halogens is 1. The Hall–Kier alpha value is -0.830. The van der Waals surface area contributed by atoms with E-state index in [1.807, 2.05) is 18.3 Å². The van der Waals surface area contributed by atoms with E-state index in [2.05, 4.69) is 52.0 Å². The zero-order valence-electron chi connectivity index (χ0n) is 9.73. The highest BCUT2D eigenvalue weighted by atomic mass is 79.9. The zero-order valence-corrected chi connectivity index (χ0v) is 11.3. The average Bonchev–Trinajstić information content (AvgIpc) is 2.59. The molecular weight excluding hydrogens is 264 g/mol. The molecule has 1 heterocycles. The van der Waals surface area contributed by atoms with E-state index in [0.717, 1.165) is 10.0 Å². The van der Waals surface area contributed by atoms with Gasteiger partial charge in [-0.15, -0.1) is 0 Å². The molecular formula is C13H17BrN2. The Morgan fingerprint density at radius 3 is 2.31 bits per heavy atom. The minimum atomic E-state index is 0.571. The van der Waals surface area contributed by atoms with Gasteiger partial charge in [0.25, 0.3) is 0 Å². The van der Waals surface area contributed by atoms with E-state index in [0.29, 0.717) is 12.1 Å². The lowest BCUT2D eigenvalue weighted by molar-refractivity contribution is 0.226. The van der Waals surface area contributed by atoms with Crippen LogP contribution in [0.1, 0.15) is 32.3 Å². The van der Waals surface area contributed by atoms with Crippen molar-refractivity contribution in [3.05, 3.63) is 34.3 Å². The van der Waals surface area contributed by atoms with Gasteiger partial charge in [0, 0.05) is 16.6 Å². The minimum absolute atomic E-state index is 0.571. The predicted octanol–water partition coefficient (Wildman–Crippen LogP) is 3.66. The van der Waals surface area contributed by atoms with E-state index in [1.165, 1.54) is 12.8 Å². The first kappa shape index (κ1) is 11.6. The predicted molar refractivity (Wildman–Crippen MR) is 71.7 cm³/mol. The fraction of sp³-hybridized carbons (Fsp3) is 0.462. The van der Waals surface area contributed by atoms with Crippen LogP contribution in [0.5, 0.6) is 0 Å². The van der Waals surface area contributed by atoms with Crippen LogP contribution in [0, 0.1) is 0 Å². The molecule has 2 nitrogen and oxygen atoms in total. The Kier molecular flexibility index (Phi) is 3.64. The number of benzene rings is 1. The summed E-state index contributed by atoms with van der Waals surface area (Å²) in [6, 6.07) is 9.36. The van der Waals surface area contributed by atoms with E-state index in [9.17, 15) is 0 Å². The van der Waals surface area contributed by atoms with Crippen LogP contribution in [0.4, 0.5) is 0 Å². The normalized spacial score (nSPS) is 25.6. The summed E-state index contributed by atoms with van der Waals surface area (Å²) < 4.78 is 1.10. The van der Waals surface area contributed by atoms with Crippen molar-refractivity contribution in [2.75, 3.05) is 0 Å². The maximum atomic E-state index is 4.58. The standard InChI is InChI=1S/C13H17BrN2/c1-10-3-4-11(2)16(10)15-9-12-5-7-13(14)8-6-12/h5-11H,3-4H2,1-2H3/b15-9+. The van der Waals surface area contributed by atoms with Gasteiger partial charge in [-0.05, 0) is 44.4 Å². The van der Waals surface area contributed by atoms with E-state index >= 15 is 0 Å². The molecule has 1 aromatic carbocycles. The summed E-state index contributed by atoms with van der Waals surface area (Å²) in [5, 5.41) is 6.79. The lowest BCUT2D eigenvalue weighted by atomic mass is 10.2. The lowest BCUT2D eigenvalue weighted by Crippen LogP contribution is -2.27. The Morgan fingerprint density at radius 1 is 1.19 bits per heavy atom. The molecule has 2 atom stereocenters. The van der Waals surface area contributed by atoms with Gasteiger partial charge in [-0.25, -0.2) is 0 Å². The molecule has 1 aliphatic rings. The molecule has 0 aromatic heterocycles. The Balaban J connectivity index is 2.06. The highest BCUT2D eigenvalue weighted by Crippen LogP contribution is 2.23. The average molecular weight is 281 g/mol. The van der Waals surface area contributed by atoms with Crippen LogP contribution >= 0.6 is 15.9 Å². The van der Waals surface area contributed by atoms with Gasteiger partial charge in [0.15, 0.2) is 0 Å². The summed E-state index contributed by atoms with van der Waals surface area (Å²) in [6.45, 7) is 4.48. The highest BCUT2D eigenvalue weighted by molar-refractivity contribution is 9.10. The first-order valence-electron chi connectivity index (χ1n) is 5.74. The summed E-state index contributed by atoms with van der Waals surface area (Å²) in [7, 11) is 0. The summed E-state index contributed by atoms with van der Waals surface area (Å²) in [6.07, 6.45) is 4.45. The first-order chi connectivity index (χ1) is 7.66. The molecule has 2 unspecified atom stereocenters. The van der Waals surface area contributed by atoms with Crippen molar-refractivity contribution in [2.24, 2.45) is 5.10 Å². The van der Waals surface area contributed by atoms with E-state index in [-0.39, 0.29) is 0 Å². The van der Waals surface area contributed by atoms with Gasteiger partial charge in [-0.1, -0.05) is 28.1 Å². The second kappa shape index (κ2) is 5.00. The maximum Gasteiger partial charge on any atom is 0.0543 e. The number of hydrazone groups is 1. The molecule has 3 heteroatoms. The third-order valence-corrected chi connectivity index (χ3v) is 3.64. The molecule has 0 amide bonds. The summed E-state index contributed by atoms with van der Waals surface area (Å²) >= 11 is 3.43. The third-order valence-electron chi connectivity index (χ3n) is 3.12. The van der Waals surface area contributed by atoms with Gasteiger partial charge in [0.2, 0.25) is 0 Å². The van der Waals surface area contributed by atoms with Crippen LogP contribution in [-0.2, 0) is 0 Å². The van der Waals surface area contributed by atoms with Crippen molar-refractivity contribution in [1.82, 2.24) is 5.01 Å². The SMILES string of the molecule is CC1CCC(C)N1/N=C/c1ccc(Br)cc1. The van der Waals surface area contributed by atoms with E-state index in [4.69, 9.17) is 0 Å². The van der Waals surface area contributed by atoms with Crippen molar-refractivity contribution < 1.29 is 0 Å². The van der Waals surface area contributed by atoms with Crippen molar-refractivity contribution in [2.45, 2.75) is 38.8 Å². The largest absolute Gasteiger partial charge is 0.292 e. The lowest BCUT2D eigenvalue weighted by Gasteiger charge is -2.22. The van der Waals surface area contributed by atoms with Gasteiger partial charge in [-0.2, -0.15) is 5.10 Å². The van der Waals surface area contributed by atoms with Crippen molar-refractivity contribution >= 4 is 22.1 Å². The molecule has 16 heavy (non-hydrogen) atoms. The molecule has 0 spiro atoms. The Labute approximate surface area is 105 Å². The maximum absolute atomic E-state index is 4.58. The monoisotopic (exact) mass is 280 g/mol. The van der Waals surface area contributed by atoms with Crippen molar-refractivity contribution in [1.29, 1.82) is 0 Å². The van der Waals surface area contributed by atoms with Crippen LogP contribution in [0.3, 0.4) is 0 Å². The molecule has 0 radical (unpaired) electrons. The molecule has 1 saturated heterocycles. The number of hydrogen-bond donors (Lipinski definition) is 0. The van der Waals surface area contributed by atoms with Crippen molar-refractivity contribution in [3.8, 4) is 0 Å². The molecule has 1 fully saturated rings. The zero-order chi connectivity index (χ0) is 11.5. The second-order valence-electron chi connectivity index (χ2n) is 4.45. The molecule has 2 rings (SSSR count). The number of hydrogen-bond acceptors (Lipinski definition) is 2. The van der Waals surface area contributed by atoms with Gasteiger partial charge in [-0.3, -0.25) is 5.01 Å². The number of rotatable bonds is 2. The van der Waals surface area contributed by atoms with Crippen LogP contribution in [0.15, 0.2) is 33.8 Å². The van der Waals surface area contributed by atoms with Crippen LogP contribution < -0.4 is 0 Å². The van der Waals surface area contributed by atoms with Gasteiger partial charge < -0.3 is 0 Å². The van der Waals surface area contributed by atoms with Crippen LogP contribution in [-0.4, -0.2) is 23.3 Å². The van der Waals surface area contributed by atoms with Gasteiger partial charge in [0.05, 0.1) is 6.21 Å². The molecule has 0 bridgehead atoms. The Morgan fingerprint density at radius 2 is 1.75 bits per heavy atom. The summed E-state index contributed by atoms with van der Waals surface area (Å²) in [5.74, 6) is 0. The minimum Gasteiger partial charge on any atom is -0.292 e. The fourth-order valence-corrected chi connectivity index (χ4v) is 2.36. The summed E-state index contributed by atoms with van der Waals surface area (Å²) in [5.41, 5.74) is 1.15. The summed E-state index contributed by atoms with van der Waals surface area (Å²) in [4.78, 5) is 0. The molecule has 0 N–H and O–H groups in total. The molecule has 86 valence electrons. The van der Waals surface area contributed by atoms with E-state index < -0.39 is 0 Å². The Bertz CT molecular complexity index is 362. The molecule has 1 aliphatic heterocycles. The first-order valence-corrected chi connectivity index (χ1v) is 6.54. The topological polar surface area (TPSA) is 15.6 Å². The van der Waals surface area contributed by atoms with Crippen molar-refractivity contribution in [3.63, 3.8) is 0 Å². The van der Waals surface area contributed by atoms with Gasteiger partial charge >= 0.3 is 0 Å². The fourth-order valence-electron chi connectivity index (χ4n) is 2.09. The molecule has 0 saturated carbocycles. The smallest absolute Gasteiger partial charge is 0.0543 e. The quantitative estimate of drug-likeness (QED) is 0.755. The highest BCUT2D eigenvalue weighted by Gasteiger charge is 2.25. The molecule has 0 aliphatic carbocycles. The second-order valence-corrected chi connectivity index (χ2v) is 5.37. The van der Waals surface area contributed by atoms with E-state index in [1.54, 1.807) is 0 Å². The van der Waals surface area contributed by atoms with Crippen LogP contribution in [0.2, 0.25) is 0 Å².